The van der Waals surface area contributed by atoms with Crippen molar-refractivity contribution in [2.75, 3.05) is 17.7 Å². The average Bonchev–Trinajstić information content (AvgIpc) is 3.05. The van der Waals surface area contributed by atoms with Gasteiger partial charge in [-0.15, -0.1) is 0 Å². The molecule has 1 heterocycles. The minimum atomic E-state index is -0.217. The lowest BCUT2D eigenvalue weighted by molar-refractivity contribution is -0.114. The highest BCUT2D eigenvalue weighted by molar-refractivity contribution is 6.07. The Hall–Kier alpha value is -3.28. The van der Waals surface area contributed by atoms with Crippen molar-refractivity contribution in [1.82, 2.24) is 4.98 Å². The van der Waals surface area contributed by atoms with Gasteiger partial charge in [-0.1, -0.05) is 0 Å². The lowest BCUT2D eigenvalue weighted by atomic mass is 9.95. The normalized spacial score (nSPS) is 13.1. The molecule has 4 rings (SSSR count). The van der Waals surface area contributed by atoms with E-state index in [1.807, 2.05) is 18.2 Å². The molecule has 0 saturated carbocycles. The van der Waals surface area contributed by atoms with Crippen LogP contribution in [0.4, 0.5) is 11.4 Å². The molecule has 1 aliphatic carbocycles. The largest absolute Gasteiger partial charge is 0.495 e. The second-order valence-corrected chi connectivity index (χ2v) is 7.10. The number of H-pyrrole nitrogens is 1. The van der Waals surface area contributed by atoms with E-state index in [4.69, 9.17) is 4.74 Å². The molecule has 0 fully saturated rings. The van der Waals surface area contributed by atoms with Gasteiger partial charge in [0.1, 0.15) is 5.75 Å². The standard InChI is InChI=1S/C22H23N3O3/c1-13(26)23-15-8-10-21(28-2)20(12-15)25-22(27)14-7-9-19-17(11-14)16-5-3-4-6-18(16)24-19/h7-12,24H,3-6H2,1-2H3,(H,23,26)(H,25,27). The summed E-state index contributed by atoms with van der Waals surface area (Å²) >= 11 is 0. The molecule has 0 saturated heterocycles. The number of aromatic amines is 1. The number of amides is 2. The maximum atomic E-state index is 12.9. The predicted molar refractivity (Wildman–Crippen MR) is 110 cm³/mol. The van der Waals surface area contributed by atoms with Crippen LogP contribution in [0.3, 0.4) is 0 Å². The van der Waals surface area contributed by atoms with Crippen LogP contribution in [0.15, 0.2) is 36.4 Å². The Morgan fingerprint density at radius 2 is 1.86 bits per heavy atom. The molecule has 0 bridgehead atoms. The molecule has 0 aliphatic heterocycles. The lowest BCUT2D eigenvalue weighted by Crippen LogP contribution is -2.13. The third kappa shape index (κ3) is 3.45. The van der Waals surface area contributed by atoms with E-state index in [0.29, 0.717) is 22.7 Å². The smallest absolute Gasteiger partial charge is 0.255 e. The van der Waals surface area contributed by atoms with Gasteiger partial charge < -0.3 is 20.4 Å². The van der Waals surface area contributed by atoms with E-state index in [9.17, 15) is 9.59 Å². The van der Waals surface area contributed by atoms with E-state index < -0.39 is 0 Å². The van der Waals surface area contributed by atoms with Gasteiger partial charge in [0, 0.05) is 34.8 Å². The van der Waals surface area contributed by atoms with Crippen molar-refractivity contribution >= 4 is 34.1 Å². The van der Waals surface area contributed by atoms with Gasteiger partial charge in [0.15, 0.2) is 0 Å². The molecule has 144 valence electrons. The molecule has 0 radical (unpaired) electrons. The van der Waals surface area contributed by atoms with Gasteiger partial charge in [-0.25, -0.2) is 0 Å². The monoisotopic (exact) mass is 377 g/mol. The average molecular weight is 377 g/mol. The van der Waals surface area contributed by atoms with E-state index in [2.05, 4.69) is 15.6 Å². The summed E-state index contributed by atoms with van der Waals surface area (Å²) in [5.41, 5.74) is 5.40. The second kappa shape index (κ2) is 7.38. The molecule has 2 amide bonds. The molecule has 3 aromatic rings. The Morgan fingerprint density at radius 1 is 1.04 bits per heavy atom. The van der Waals surface area contributed by atoms with Crippen LogP contribution in [-0.4, -0.2) is 23.9 Å². The van der Waals surface area contributed by atoms with Gasteiger partial charge in [-0.05, 0) is 67.6 Å². The van der Waals surface area contributed by atoms with Crippen LogP contribution >= 0.6 is 0 Å². The van der Waals surface area contributed by atoms with Crippen molar-refractivity contribution in [3.63, 3.8) is 0 Å². The van der Waals surface area contributed by atoms with Gasteiger partial charge in [0.2, 0.25) is 5.91 Å². The zero-order valence-electron chi connectivity index (χ0n) is 16.0. The molecule has 1 aromatic heterocycles. The zero-order chi connectivity index (χ0) is 19.7. The van der Waals surface area contributed by atoms with Gasteiger partial charge in [0.05, 0.1) is 12.8 Å². The number of fused-ring (bicyclic) bond motifs is 3. The number of ether oxygens (including phenoxy) is 1. The zero-order valence-corrected chi connectivity index (χ0v) is 16.0. The highest BCUT2D eigenvalue weighted by atomic mass is 16.5. The first-order valence-corrected chi connectivity index (χ1v) is 9.45. The van der Waals surface area contributed by atoms with Crippen LogP contribution < -0.4 is 15.4 Å². The molecule has 0 spiro atoms. The highest BCUT2D eigenvalue weighted by Crippen LogP contribution is 2.31. The second-order valence-electron chi connectivity index (χ2n) is 7.10. The van der Waals surface area contributed by atoms with Gasteiger partial charge >= 0.3 is 0 Å². The summed E-state index contributed by atoms with van der Waals surface area (Å²) in [4.78, 5) is 27.7. The number of nitrogens with one attached hydrogen (secondary N) is 3. The molecule has 3 N–H and O–H groups in total. The lowest BCUT2D eigenvalue weighted by Gasteiger charge is -2.13. The van der Waals surface area contributed by atoms with E-state index in [1.54, 1.807) is 25.3 Å². The number of aromatic nitrogens is 1. The molecule has 1 aliphatic rings. The third-order valence-corrected chi connectivity index (χ3v) is 5.13. The van der Waals surface area contributed by atoms with Crippen molar-refractivity contribution in [1.29, 1.82) is 0 Å². The number of benzene rings is 2. The fraction of sp³-hybridized carbons (Fsp3) is 0.273. The van der Waals surface area contributed by atoms with Crippen LogP contribution in [0.25, 0.3) is 10.9 Å². The molecule has 6 nitrogen and oxygen atoms in total. The van der Waals surface area contributed by atoms with Gasteiger partial charge in [-0.3, -0.25) is 9.59 Å². The molecular weight excluding hydrogens is 354 g/mol. The molecule has 0 unspecified atom stereocenters. The van der Waals surface area contributed by atoms with Crippen LogP contribution in [0, 0.1) is 0 Å². The van der Waals surface area contributed by atoms with Crippen molar-refractivity contribution in [2.45, 2.75) is 32.6 Å². The van der Waals surface area contributed by atoms with E-state index >= 15 is 0 Å². The summed E-state index contributed by atoms with van der Waals surface area (Å²) in [7, 11) is 1.54. The maximum absolute atomic E-state index is 12.9. The number of methoxy groups -OCH3 is 1. The Balaban J connectivity index is 1.64. The molecule has 6 heteroatoms. The topological polar surface area (TPSA) is 83.2 Å². The summed E-state index contributed by atoms with van der Waals surface area (Å²) < 4.78 is 5.34. The summed E-state index contributed by atoms with van der Waals surface area (Å²) in [5, 5.41) is 6.74. The number of rotatable bonds is 4. The van der Waals surface area contributed by atoms with Gasteiger partial charge in [-0.2, -0.15) is 0 Å². The van der Waals surface area contributed by atoms with Crippen LogP contribution in [-0.2, 0) is 17.6 Å². The van der Waals surface area contributed by atoms with Crippen molar-refractivity contribution in [2.24, 2.45) is 0 Å². The minimum Gasteiger partial charge on any atom is -0.495 e. The van der Waals surface area contributed by atoms with Crippen molar-refractivity contribution in [3.8, 4) is 5.75 Å². The number of hydrogen-bond donors (Lipinski definition) is 3. The third-order valence-electron chi connectivity index (χ3n) is 5.13. The fourth-order valence-electron chi connectivity index (χ4n) is 3.83. The fourth-order valence-corrected chi connectivity index (χ4v) is 3.83. The van der Waals surface area contributed by atoms with E-state index in [-0.39, 0.29) is 11.8 Å². The molecule has 2 aromatic carbocycles. The first-order chi connectivity index (χ1) is 13.5. The Labute approximate surface area is 163 Å². The summed E-state index contributed by atoms with van der Waals surface area (Å²) in [6, 6.07) is 10.9. The first-order valence-electron chi connectivity index (χ1n) is 9.45. The SMILES string of the molecule is COc1ccc(NC(C)=O)cc1NC(=O)c1ccc2[nH]c3c(c2c1)CCCC3. The molecule has 0 atom stereocenters. The predicted octanol–water partition coefficient (Wildman–Crippen LogP) is 4.27. The van der Waals surface area contributed by atoms with Crippen LogP contribution in [0.5, 0.6) is 5.75 Å². The Kier molecular flexibility index (Phi) is 4.77. The number of anilines is 2. The van der Waals surface area contributed by atoms with E-state index in [0.717, 1.165) is 23.7 Å². The van der Waals surface area contributed by atoms with Crippen LogP contribution in [0.2, 0.25) is 0 Å². The number of hydrogen-bond acceptors (Lipinski definition) is 3. The van der Waals surface area contributed by atoms with Gasteiger partial charge in [0.25, 0.3) is 5.91 Å². The molecular formula is C22H23N3O3. The highest BCUT2D eigenvalue weighted by Gasteiger charge is 2.17. The van der Waals surface area contributed by atoms with E-state index in [1.165, 1.54) is 31.0 Å². The first kappa shape index (κ1) is 18.1. The Bertz CT molecular complexity index is 1070. The minimum absolute atomic E-state index is 0.176. The number of carbonyl (C=O) groups excluding carboxylic acids is 2. The number of carbonyl (C=O) groups is 2. The summed E-state index contributed by atoms with van der Waals surface area (Å²) in [5.74, 6) is 0.138. The Morgan fingerprint density at radius 3 is 2.64 bits per heavy atom. The van der Waals surface area contributed by atoms with Crippen molar-refractivity contribution < 1.29 is 14.3 Å². The quantitative estimate of drug-likeness (QED) is 0.635. The molecule has 28 heavy (non-hydrogen) atoms. The maximum Gasteiger partial charge on any atom is 0.255 e. The van der Waals surface area contributed by atoms with Crippen LogP contribution in [0.1, 0.15) is 41.4 Å². The summed E-state index contributed by atoms with van der Waals surface area (Å²) in [6.07, 6.45) is 4.51. The number of aryl methyl sites for hydroxylation is 2. The van der Waals surface area contributed by atoms with Crippen molar-refractivity contribution in [3.05, 3.63) is 53.2 Å². The summed E-state index contributed by atoms with van der Waals surface area (Å²) in [6.45, 7) is 1.44.